The van der Waals surface area contributed by atoms with Gasteiger partial charge >= 0.3 is 5.91 Å². The van der Waals surface area contributed by atoms with Crippen molar-refractivity contribution in [2.75, 3.05) is 0 Å². The van der Waals surface area contributed by atoms with Gasteiger partial charge in [0.2, 0.25) is 0 Å². The topological polar surface area (TPSA) is 66.0 Å². The van der Waals surface area contributed by atoms with E-state index < -0.39 is 5.91 Å². The molecule has 12 heavy (non-hydrogen) atoms. The lowest BCUT2D eigenvalue weighted by atomic mass is 10.4. The maximum atomic E-state index is 10.5. The summed E-state index contributed by atoms with van der Waals surface area (Å²) in [5, 5.41) is 10.5. The van der Waals surface area contributed by atoms with E-state index in [1.54, 1.807) is 12.1 Å². The standard InChI is InChI=1S/C8H8N2O2/c1-6-2-3-7(12-6)5-10-8(11)4-9/h2-3H,5H2,1H3,(H,10,11). The third kappa shape index (κ3) is 2.13. The Morgan fingerprint density at radius 1 is 1.75 bits per heavy atom. The predicted octanol–water partition coefficient (Wildman–Crippen LogP) is 0.728. The zero-order chi connectivity index (χ0) is 8.97. The first kappa shape index (κ1) is 8.34. The van der Waals surface area contributed by atoms with Crippen molar-refractivity contribution in [3.63, 3.8) is 0 Å². The highest BCUT2D eigenvalue weighted by molar-refractivity contribution is 5.90. The fourth-order valence-electron chi connectivity index (χ4n) is 0.787. The largest absolute Gasteiger partial charge is 0.465 e. The van der Waals surface area contributed by atoms with Crippen molar-refractivity contribution in [2.24, 2.45) is 0 Å². The summed E-state index contributed by atoms with van der Waals surface area (Å²) in [7, 11) is 0. The molecule has 1 aromatic heterocycles. The van der Waals surface area contributed by atoms with Gasteiger partial charge in [-0.3, -0.25) is 4.79 Å². The minimum atomic E-state index is -0.649. The molecule has 0 aromatic carbocycles. The van der Waals surface area contributed by atoms with Crippen molar-refractivity contribution < 1.29 is 9.21 Å². The van der Waals surface area contributed by atoms with Crippen LogP contribution in [0.1, 0.15) is 11.5 Å². The van der Waals surface area contributed by atoms with Crippen LogP contribution in [0.15, 0.2) is 16.5 Å². The molecule has 1 heterocycles. The molecule has 1 aromatic rings. The number of nitriles is 1. The summed E-state index contributed by atoms with van der Waals surface area (Å²) in [5.41, 5.74) is 0. The number of hydrogen-bond donors (Lipinski definition) is 1. The van der Waals surface area contributed by atoms with E-state index in [2.05, 4.69) is 5.32 Å². The molecule has 0 atom stereocenters. The molecule has 1 rings (SSSR count). The number of amides is 1. The first-order valence-electron chi connectivity index (χ1n) is 3.45. The number of nitrogens with zero attached hydrogens (tertiary/aromatic N) is 1. The van der Waals surface area contributed by atoms with Crippen molar-refractivity contribution >= 4 is 5.91 Å². The van der Waals surface area contributed by atoms with Gasteiger partial charge in [-0.15, -0.1) is 0 Å². The average molecular weight is 164 g/mol. The normalized spacial score (nSPS) is 9.00. The first-order chi connectivity index (χ1) is 5.72. The monoisotopic (exact) mass is 164 g/mol. The van der Waals surface area contributed by atoms with Gasteiger partial charge in [0.05, 0.1) is 6.54 Å². The number of nitrogens with one attached hydrogen (secondary N) is 1. The van der Waals surface area contributed by atoms with E-state index in [4.69, 9.17) is 9.68 Å². The maximum absolute atomic E-state index is 10.5. The van der Waals surface area contributed by atoms with Crippen LogP contribution in [-0.2, 0) is 11.3 Å². The Labute approximate surface area is 69.8 Å². The van der Waals surface area contributed by atoms with E-state index in [-0.39, 0.29) is 6.54 Å². The molecule has 0 bridgehead atoms. The van der Waals surface area contributed by atoms with Crippen LogP contribution >= 0.6 is 0 Å². The molecule has 1 amide bonds. The molecule has 4 nitrogen and oxygen atoms in total. The third-order valence-electron chi connectivity index (χ3n) is 1.32. The Balaban J connectivity index is 2.44. The van der Waals surface area contributed by atoms with Gasteiger partial charge in [0, 0.05) is 0 Å². The Bertz CT molecular complexity index is 322. The summed E-state index contributed by atoms with van der Waals surface area (Å²) in [4.78, 5) is 10.5. The molecule has 0 aliphatic heterocycles. The van der Waals surface area contributed by atoms with Crippen LogP contribution in [0.25, 0.3) is 0 Å². The van der Waals surface area contributed by atoms with Gasteiger partial charge in [0.25, 0.3) is 0 Å². The minimum absolute atomic E-state index is 0.264. The van der Waals surface area contributed by atoms with E-state index in [1.165, 1.54) is 6.07 Å². The fourth-order valence-corrected chi connectivity index (χ4v) is 0.787. The molecule has 1 N–H and O–H groups in total. The van der Waals surface area contributed by atoms with Crippen LogP contribution in [0.2, 0.25) is 0 Å². The van der Waals surface area contributed by atoms with Gasteiger partial charge in [-0.05, 0) is 19.1 Å². The zero-order valence-electron chi connectivity index (χ0n) is 6.63. The van der Waals surface area contributed by atoms with Gasteiger partial charge in [-0.25, -0.2) is 0 Å². The highest BCUT2D eigenvalue weighted by atomic mass is 16.3. The molecule has 0 unspecified atom stereocenters. The van der Waals surface area contributed by atoms with Crippen molar-refractivity contribution in [3.05, 3.63) is 23.7 Å². The number of rotatable bonds is 2. The summed E-state index contributed by atoms with van der Waals surface area (Å²) in [6.45, 7) is 2.08. The van der Waals surface area contributed by atoms with Crippen molar-refractivity contribution in [3.8, 4) is 6.07 Å². The number of aryl methyl sites for hydroxylation is 1. The highest BCUT2D eigenvalue weighted by Gasteiger charge is 2.00. The van der Waals surface area contributed by atoms with Crippen molar-refractivity contribution in [2.45, 2.75) is 13.5 Å². The Hall–Kier alpha value is -1.76. The molecule has 4 heteroatoms. The molecular weight excluding hydrogens is 156 g/mol. The second kappa shape index (κ2) is 3.58. The van der Waals surface area contributed by atoms with Crippen LogP contribution in [0.3, 0.4) is 0 Å². The Morgan fingerprint density at radius 2 is 2.50 bits per heavy atom. The van der Waals surface area contributed by atoms with Crippen LogP contribution < -0.4 is 5.32 Å². The summed E-state index contributed by atoms with van der Waals surface area (Å²) in [6.07, 6.45) is 0. The van der Waals surface area contributed by atoms with Crippen molar-refractivity contribution in [1.29, 1.82) is 5.26 Å². The Morgan fingerprint density at radius 3 is 3.00 bits per heavy atom. The summed E-state index contributed by atoms with van der Waals surface area (Å²) in [5.74, 6) is 0.788. The van der Waals surface area contributed by atoms with Gasteiger partial charge in [0.15, 0.2) is 6.07 Å². The summed E-state index contributed by atoms with van der Waals surface area (Å²) < 4.78 is 5.15. The number of carbonyl (C=O) groups is 1. The molecule has 0 saturated carbocycles. The summed E-state index contributed by atoms with van der Waals surface area (Å²) in [6, 6.07) is 5.01. The first-order valence-corrected chi connectivity index (χ1v) is 3.45. The fraction of sp³-hybridized carbons (Fsp3) is 0.250. The molecule has 0 spiro atoms. The van der Waals surface area contributed by atoms with E-state index in [1.807, 2.05) is 6.92 Å². The van der Waals surface area contributed by atoms with E-state index in [0.29, 0.717) is 5.76 Å². The predicted molar refractivity (Wildman–Crippen MR) is 40.9 cm³/mol. The maximum Gasteiger partial charge on any atom is 0.322 e. The average Bonchev–Trinajstić information content (AvgIpc) is 2.47. The lowest BCUT2D eigenvalue weighted by molar-refractivity contribution is -0.116. The molecule has 0 aliphatic carbocycles. The van der Waals surface area contributed by atoms with E-state index in [9.17, 15) is 4.79 Å². The molecule has 0 saturated heterocycles. The smallest absolute Gasteiger partial charge is 0.322 e. The van der Waals surface area contributed by atoms with Crippen LogP contribution in [0, 0.1) is 18.3 Å². The van der Waals surface area contributed by atoms with Crippen LogP contribution in [-0.4, -0.2) is 5.91 Å². The second-order valence-electron chi connectivity index (χ2n) is 2.31. The lowest BCUT2D eigenvalue weighted by Crippen LogP contribution is -2.20. The van der Waals surface area contributed by atoms with Gasteiger partial charge in [-0.2, -0.15) is 5.26 Å². The number of carbonyl (C=O) groups excluding carboxylic acids is 1. The van der Waals surface area contributed by atoms with Gasteiger partial charge in [0.1, 0.15) is 11.5 Å². The number of furan rings is 1. The zero-order valence-corrected chi connectivity index (χ0v) is 6.63. The van der Waals surface area contributed by atoms with E-state index >= 15 is 0 Å². The van der Waals surface area contributed by atoms with Gasteiger partial charge in [-0.1, -0.05) is 0 Å². The minimum Gasteiger partial charge on any atom is -0.465 e. The molecular formula is C8H8N2O2. The Kier molecular flexibility index (Phi) is 2.49. The van der Waals surface area contributed by atoms with E-state index in [0.717, 1.165) is 5.76 Å². The SMILES string of the molecule is Cc1ccc(CNC(=O)C#N)o1. The molecule has 0 radical (unpaired) electrons. The molecule has 62 valence electrons. The molecule has 0 fully saturated rings. The number of hydrogen-bond acceptors (Lipinski definition) is 3. The quantitative estimate of drug-likeness (QED) is 0.655. The highest BCUT2D eigenvalue weighted by Crippen LogP contribution is 2.04. The second-order valence-corrected chi connectivity index (χ2v) is 2.31. The lowest BCUT2D eigenvalue weighted by Gasteiger charge is -1.94. The third-order valence-corrected chi connectivity index (χ3v) is 1.32. The summed E-state index contributed by atoms with van der Waals surface area (Å²) >= 11 is 0. The van der Waals surface area contributed by atoms with Crippen LogP contribution in [0.5, 0.6) is 0 Å². The van der Waals surface area contributed by atoms with Crippen molar-refractivity contribution in [1.82, 2.24) is 5.32 Å². The van der Waals surface area contributed by atoms with Crippen LogP contribution in [0.4, 0.5) is 0 Å². The molecule has 0 aliphatic rings. The van der Waals surface area contributed by atoms with Gasteiger partial charge < -0.3 is 9.73 Å².